The summed E-state index contributed by atoms with van der Waals surface area (Å²) in [5.41, 5.74) is 0. The Bertz CT molecular complexity index is 695. The molecule has 0 fully saturated rings. The summed E-state index contributed by atoms with van der Waals surface area (Å²) in [6.07, 6.45) is 0. The Morgan fingerprint density at radius 3 is 1.43 bits per heavy atom. The summed E-state index contributed by atoms with van der Waals surface area (Å²) in [5.74, 6) is 0. The number of rotatable bonds is 3. The van der Waals surface area contributed by atoms with E-state index in [2.05, 4.69) is 111 Å². The van der Waals surface area contributed by atoms with Gasteiger partial charge in [-0.1, -0.05) is 0 Å². The van der Waals surface area contributed by atoms with Gasteiger partial charge in [0, 0.05) is 0 Å². The number of benzene rings is 3. The fourth-order valence-electron chi connectivity index (χ4n) is 2.25. The molecule has 0 atom stereocenters. The summed E-state index contributed by atoms with van der Waals surface area (Å²) >= 11 is 5.91. The third-order valence-corrected chi connectivity index (χ3v) is 11.3. The minimum absolute atomic E-state index is 1.20. The average Bonchev–Trinajstić information content (AvgIpc) is 2.52. The van der Waals surface area contributed by atoms with Crippen LogP contribution in [0.15, 0.2) is 87.8 Å². The molecule has 0 amide bonds. The second-order valence-electron chi connectivity index (χ2n) is 4.57. The van der Waals surface area contributed by atoms with Crippen molar-refractivity contribution < 1.29 is 0 Å². The molecular weight excluding hydrogens is 451 g/mol. The number of hydrogen-bond donors (Lipinski definition) is 0. The molecule has 3 heteroatoms. The average molecular weight is 464 g/mol. The summed E-state index contributed by atoms with van der Waals surface area (Å²) in [6.45, 7) is 0. The van der Waals surface area contributed by atoms with E-state index in [4.69, 9.17) is 0 Å². The topological polar surface area (TPSA) is 0 Å². The molecule has 0 bridgehead atoms. The van der Waals surface area contributed by atoms with Crippen LogP contribution in [0.1, 0.15) is 0 Å². The van der Waals surface area contributed by atoms with Gasteiger partial charge >= 0.3 is 147 Å². The van der Waals surface area contributed by atoms with Crippen molar-refractivity contribution in [1.82, 2.24) is 0 Å². The zero-order chi connectivity index (χ0) is 14.7. The molecule has 0 heterocycles. The molecule has 0 saturated heterocycles. The van der Waals surface area contributed by atoms with Crippen molar-refractivity contribution >= 4 is 59.6 Å². The van der Waals surface area contributed by atoms with Gasteiger partial charge in [-0.3, -0.25) is 0 Å². The fourth-order valence-corrected chi connectivity index (χ4v) is 9.56. The molecule has 0 spiro atoms. The van der Waals surface area contributed by atoms with Gasteiger partial charge in [-0.15, -0.1) is 0 Å². The number of halogens is 2. The van der Waals surface area contributed by atoms with Gasteiger partial charge in [-0.2, -0.15) is 0 Å². The van der Waals surface area contributed by atoms with Gasteiger partial charge in [-0.05, 0) is 0 Å². The van der Waals surface area contributed by atoms with Crippen molar-refractivity contribution in [3.63, 3.8) is 0 Å². The van der Waals surface area contributed by atoms with E-state index in [0.717, 1.165) is 0 Å². The first-order chi connectivity index (χ1) is 10.3. The van der Waals surface area contributed by atoms with Crippen molar-refractivity contribution in [3.8, 4) is 0 Å². The van der Waals surface area contributed by atoms with E-state index in [1.807, 2.05) is 0 Å². The Kier molecular flexibility index (Phi) is 5.00. The van der Waals surface area contributed by atoms with Crippen LogP contribution in [0.5, 0.6) is 0 Å². The molecule has 0 aromatic heterocycles. The molecule has 3 rings (SSSR count). The van der Waals surface area contributed by atoms with E-state index in [1.165, 1.54) is 22.0 Å². The van der Waals surface area contributed by atoms with E-state index in [-0.39, 0.29) is 0 Å². The normalized spacial score (nSPS) is 10.8. The van der Waals surface area contributed by atoms with E-state index in [0.29, 0.717) is 0 Å². The van der Waals surface area contributed by atoms with Gasteiger partial charge in [0.25, 0.3) is 0 Å². The molecule has 0 aliphatic rings. The maximum atomic E-state index is 3.74. The Hall–Kier alpha value is -0.822. The van der Waals surface area contributed by atoms with E-state index >= 15 is 0 Å². The van der Waals surface area contributed by atoms with Gasteiger partial charge in [-0.25, -0.2) is 0 Å². The third kappa shape index (κ3) is 3.34. The molecule has 0 radical (unpaired) electrons. The van der Waals surface area contributed by atoms with Gasteiger partial charge < -0.3 is 0 Å². The fraction of sp³-hybridized carbons (Fsp3) is 0. The monoisotopic (exact) mass is 462 g/mol. The van der Waals surface area contributed by atoms with Crippen LogP contribution in [0, 0.1) is 0 Å². The predicted molar refractivity (Wildman–Crippen MR) is 99.4 cm³/mol. The maximum absolute atomic E-state index is 3.74. The van der Waals surface area contributed by atoms with Crippen LogP contribution in [-0.2, 0) is 0 Å². The quantitative estimate of drug-likeness (QED) is 0.519. The van der Waals surface area contributed by atoms with Gasteiger partial charge in [0.2, 0.25) is 0 Å². The van der Waals surface area contributed by atoms with E-state index < -0.39 is 14.7 Å². The molecule has 3 aromatic rings. The van der Waals surface area contributed by atoms with Crippen molar-refractivity contribution in [2.45, 2.75) is 0 Å². The summed E-state index contributed by atoms with van der Waals surface area (Å²) in [6, 6.07) is 28.0. The van der Waals surface area contributed by atoms with Crippen molar-refractivity contribution in [2.24, 2.45) is 0 Å². The van der Waals surface area contributed by atoms with Crippen LogP contribution in [0.4, 0.5) is 0 Å². The first-order valence-corrected chi connectivity index (χ1v) is 11.0. The second-order valence-corrected chi connectivity index (χ2v) is 10.8. The molecule has 3 aromatic carbocycles. The van der Waals surface area contributed by atoms with Crippen molar-refractivity contribution in [3.05, 3.63) is 87.8 Å². The summed E-state index contributed by atoms with van der Waals surface area (Å²) in [4.78, 5) is 0. The SMILES string of the molecule is Brc1ccccc1[As](c1ccccc1)c1ccccc1Br. The summed E-state index contributed by atoms with van der Waals surface area (Å²) in [5, 5.41) is 0. The Morgan fingerprint density at radius 2 is 0.952 bits per heavy atom. The van der Waals surface area contributed by atoms with Gasteiger partial charge in [0.15, 0.2) is 0 Å². The molecule has 0 aliphatic carbocycles. The zero-order valence-electron chi connectivity index (χ0n) is 11.2. The van der Waals surface area contributed by atoms with Crippen molar-refractivity contribution in [2.75, 3.05) is 0 Å². The predicted octanol–water partition coefficient (Wildman–Crippen LogP) is 3.73. The Labute approximate surface area is 146 Å². The molecule has 21 heavy (non-hydrogen) atoms. The van der Waals surface area contributed by atoms with Crippen molar-refractivity contribution in [1.29, 1.82) is 0 Å². The molecule has 104 valence electrons. The molecule has 0 aliphatic heterocycles. The Balaban J connectivity index is 2.22. The standard InChI is InChI=1S/C18H13AsBr2/c20-17-12-6-4-10-15(17)19(14-8-2-1-3-9-14)16-11-5-7-13-18(16)21/h1-13H. The van der Waals surface area contributed by atoms with Crippen LogP contribution in [0.2, 0.25) is 0 Å². The summed E-state index contributed by atoms with van der Waals surface area (Å²) in [7, 11) is 0. The first kappa shape index (κ1) is 15.1. The number of hydrogen-bond acceptors (Lipinski definition) is 0. The van der Waals surface area contributed by atoms with Crippen LogP contribution >= 0.6 is 31.9 Å². The van der Waals surface area contributed by atoms with Gasteiger partial charge in [0.1, 0.15) is 0 Å². The second kappa shape index (κ2) is 6.96. The van der Waals surface area contributed by atoms with Crippen LogP contribution in [-0.4, -0.2) is 14.7 Å². The third-order valence-electron chi connectivity index (χ3n) is 3.20. The molecular formula is C18H13AsBr2. The van der Waals surface area contributed by atoms with E-state index in [9.17, 15) is 0 Å². The molecule has 0 N–H and O–H groups in total. The van der Waals surface area contributed by atoms with Crippen LogP contribution in [0.3, 0.4) is 0 Å². The summed E-state index contributed by atoms with van der Waals surface area (Å²) < 4.78 is 6.67. The Morgan fingerprint density at radius 1 is 0.524 bits per heavy atom. The zero-order valence-corrected chi connectivity index (χ0v) is 16.3. The molecule has 0 nitrogen and oxygen atoms in total. The molecule has 0 unspecified atom stereocenters. The van der Waals surface area contributed by atoms with Crippen LogP contribution in [0.25, 0.3) is 0 Å². The minimum atomic E-state index is -1.57. The van der Waals surface area contributed by atoms with Crippen LogP contribution < -0.4 is 13.1 Å². The van der Waals surface area contributed by atoms with E-state index in [1.54, 1.807) is 0 Å². The van der Waals surface area contributed by atoms with Gasteiger partial charge in [0.05, 0.1) is 0 Å². The molecule has 0 saturated carbocycles. The first-order valence-electron chi connectivity index (χ1n) is 6.61.